The summed E-state index contributed by atoms with van der Waals surface area (Å²) >= 11 is 0. The van der Waals surface area contributed by atoms with Crippen LogP contribution in [-0.2, 0) is 11.3 Å². The van der Waals surface area contributed by atoms with Crippen LogP contribution in [0, 0.1) is 12.8 Å². The normalized spacial score (nSPS) is 15.1. The minimum Gasteiger partial charge on any atom is -0.466 e. The van der Waals surface area contributed by atoms with Crippen molar-refractivity contribution in [3.05, 3.63) is 23.5 Å². The maximum absolute atomic E-state index is 5.60. The number of rotatable bonds is 6. The van der Waals surface area contributed by atoms with Crippen molar-refractivity contribution in [3.63, 3.8) is 0 Å². The molecule has 1 saturated carbocycles. The van der Waals surface area contributed by atoms with E-state index < -0.39 is 0 Å². The highest BCUT2D eigenvalue weighted by Crippen LogP contribution is 2.28. The summed E-state index contributed by atoms with van der Waals surface area (Å²) in [6.07, 6.45) is 2.58. The average Bonchev–Trinajstić information content (AvgIpc) is 3.09. The summed E-state index contributed by atoms with van der Waals surface area (Å²) in [5.74, 6) is 1.48. The van der Waals surface area contributed by atoms with Crippen molar-refractivity contribution in [1.29, 1.82) is 0 Å². The van der Waals surface area contributed by atoms with Crippen molar-refractivity contribution in [2.45, 2.75) is 26.3 Å². The molecule has 2 N–H and O–H groups in total. The maximum Gasteiger partial charge on any atom is 0.189 e. The van der Waals surface area contributed by atoms with Crippen molar-refractivity contribution in [3.8, 4) is 5.75 Å². The molecule has 0 unspecified atom stereocenters. The molecule has 1 aliphatic rings. The fraction of sp³-hybridized carbons (Fsp3) is 0.583. The number of hydrogen-bond donors (Lipinski definition) is 1. The number of nitrogens with two attached hydrogens (primary N) is 1. The van der Waals surface area contributed by atoms with Gasteiger partial charge in [0.1, 0.15) is 5.75 Å². The summed E-state index contributed by atoms with van der Waals surface area (Å²) in [5.41, 5.74) is 7.34. The van der Waals surface area contributed by atoms with E-state index in [-0.39, 0.29) is 6.79 Å². The molecule has 0 spiro atoms. The van der Waals surface area contributed by atoms with Gasteiger partial charge >= 0.3 is 0 Å². The second kappa shape index (κ2) is 5.27. The van der Waals surface area contributed by atoms with Crippen molar-refractivity contribution in [1.82, 2.24) is 4.98 Å². The largest absolute Gasteiger partial charge is 0.466 e. The third kappa shape index (κ3) is 3.18. The molecule has 1 heterocycles. The van der Waals surface area contributed by atoms with Crippen molar-refractivity contribution >= 4 is 0 Å². The van der Waals surface area contributed by atoms with Crippen LogP contribution in [0.3, 0.4) is 0 Å². The van der Waals surface area contributed by atoms with Crippen LogP contribution in [0.15, 0.2) is 12.1 Å². The Morgan fingerprint density at radius 1 is 1.44 bits per heavy atom. The number of hydrogen-bond acceptors (Lipinski definition) is 4. The first-order chi connectivity index (χ1) is 7.79. The van der Waals surface area contributed by atoms with Gasteiger partial charge in [0.2, 0.25) is 0 Å². The van der Waals surface area contributed by atoms with Crippen molar-refractivity contribution in [2.24, 2.45) is 11.7 Å². The lowest BCUT2D eigenvalue weighted by atomic mass is 10.3. The second-order valence-corrected chi connectivity index (χ2v) is 4.18. The van der Waals surface area contributed by atoms with Gasteiger partial charge in [-0.3, -0.25) is 4.98 Å². The highest BCUT2D eigenvalue weighted by Gasteiger charge is 2.21. The Morgan fingerprint density at radius 3 is 2.94 bits per heavy atom. The lowest BCUT2D eigenvalue weighted by Gasteiger charge is -2.10. The van der Waals surface area contributed by atoms with E-state index >= 15 is 0 Å². The first-order valence-electron chi connectivity index (χ1n) is 5.66. The Balaban J connectivity index is 1.82. The van der Waals surface area contributed by atoms with Crippen molar-refractivity contribution in [2.75, 3.05) is 13.4 Å². The van der Waals surface area contributed by atoms with Gasteiger partial charge in [-0.2, -0.15) is 0 Å². The number of ether oxygens (including phenoxy) is 2. The standard InChI is InChI=1S/C12H18N2O2/c1-9-2-5-12(11(6-13)14-9)16-8-15-7-10-3-4-10/h2,5,10H,3-4,6-8,13H2,1H3. The third-order valence-corrected chi connectivity index (χ3v) is 2.61. The van der Waals surface area contributed by atoms with Gasteiger partial charge in [-0.15, -0.1) is 0 Å². The molecule has 4 nitrogen and oxygen atoms in total. The van der Waals surface area contributed by atoms with Gasteiger partial charge < -0.3 is 15.2 Å². The molecule has 1 fully saturated rings. The number of pyridine rings is 1. The molecule has 0 aliphatic heterocycles. The van der Waals surface area contributed by atoms with E-state index in [1.165, 1.54) is 12.8 Å². The third-order valence-electron chi connectivity index (χ3n) is 2.61. The second-order valence-electron chi connectivity index (χ2n) is 4.18. The highest BCUT2D eigenvalue weighted by molar-refractivity contribution is 5.28. The monoisotopic (exact) mass is 222 g/mol. The van der Waals surface area contributed by atoms with Crippen LogP contribution in [0.4, 0.5) is 0 Å². The molecule has 0 amide bonds. The van der Waals surface area contributed by atoms with E-state index in [0.29, 0.717) is 6.54 Å². The van der Waals surface area contributed by atoms with Gasteiger partial charge in [0, 0.05) is 12.2 Å². The van der Waals surface area contributed by atoms with Crippen LogP contribution in [0.2, 0.25) is 0 Å². The molecule has 1 aromatic rings. The quantitative estimate of drug-likeness (QED) is 0.587. The smallest absolute Gasteiger partial charge is 0.189 e. The van der Waals surface area contributed by atoms with E-state index in [1.54, 1.807) is 0 Å². The Hall–Kier alpha value is -1.13. The summed E-state index contributed by atoms with van der Waals surface area (Å²) < 4.78 is 10.9. The molecule has 4 heteroatoms. The fourth-order valence-corrected chi connectivity index (χ4v) is 1.48. The molecular weight excluding hydrogens is 204 g/mol. The summed E-state index contributed by atoms with van der Waals surface area (Å²) in [7, 11) is 0. The summed E-state index contributed by atoms with van der Waals surface area (Å²) in [5, 5.41) is 0. The van der Waals surface area contributed by atoms with E-state index in [4.69, 9.17) is 15.2 Å². The van der Waals surface area contributed by atoms with E-state index in [0.717, 1.165) is 29.7 Å². The molecule has 0 saturated heterocycles. The zero-order chi connectivity index (χ0) is 11.4. The highest BCUT2D eigenvalue weighted by atomic mass is 16.7. The molecule has 16 heavy (non-hydrogen) atoms. The molecule has 0 atom stereocenters. The molecule has 1 aromatic heterocycles. The van der Waals surface area contributed by atoms with Gasteiger partial charge in [-0.05, 0) is 37.8 Å². The first kappa shape index (κ1) is 11.4. The fourth-order valence-electron chi connectivity index (χ4n) is 1.48. The predicted molar refractivity (Wildman–Crippen MR) is 61.0 cm³/mol. The van der Waals surface area contributed by atoms with Crippen LogP contribution in [-0.4, -0.2) is 18.4 Å². The number of nitrogens with zero attached hydrogens (tertiary/aromatic N) is 1. The Bertz CT molecular complexity index is 351. The lowest BCUT2D eigenvalue weighted by molar-refractivity contribution is 0.00922. The van der Waals surface area contributed by atoms with Crippen molar-refractivity contribution < 1.29 is 9.47 Å². The van der Waals surface area contributed by atoms with E-state index in [2.05, 4.69) is 4.98 Å². The zero-order valence-electron chi connectivity index (χ0n) is 9.61. The summed E-state index contributed by atoms with van der Waals surface area (Å²) in [4.78, 5) is 4.31. The minimum atomic E-state index is 0.286. The molecule has 2 rings (SSSR count). The van der Waals surface area contributed by atoms with Crippen LogP contribution >= 0.6 is 0 Å². The molecule has 1 aliphatic carbocycles. The van der Waals surface area contributed by atoms with E-state index in [9.17, 15) is 0 Å². The minimum absolute atomic E-state index is 0.286. The SMILES string of the molecule is Cc1ccc(OCOCC2CC2)c(CN)n1. The van der Waals surface area contributed by atoms with E-state index in [1.807, 2.05) is 19.1 Å². The molecule has 0 radical (unpaired) electrons. The molecule has 0 aromatic carbocycles. The van der Waals surface area contributed by atoms with Gasteiger partial charge in [0.25, 0.3) is 0 Å². The summed E-state index contributed by atoms with van der Waals surface area (Å²) in [6.45, 7) is 3.41. The van der Waals surface area contributed by atoms with Crippen LogP contribution in [0.1, 0.15) is 24.2 Å². The lowest BCUT2D eigenvalue weighted by Crippen LogP contribution is -2.09. The van der Waals surface area contributed by atoms with Crippen LogP contribution in [0.25, 0.3) is 0 Å². The van der Waals surface area contributed by atoms with Gasteiger partial charge in [-0.1, -0.05) is 0 Å². The Morgan fingerprint density at radius 2 is 2.25 bits per heavy atom. The Kier molecular flexibility index (Phi) is 3.74. The van der Waals surface area contributed by atoms with Crippen LogP contribution in [0.5, 0.6) is 5.75 Å². The van der Waals surface area contributed by atoms with Crippen LogP contribution < -0.4 is 10.5 Å². The van der Waals surface area contributed by atoms with Gasteiger partial charge in [0.15, 0.2) is 6.79 Å². The Labute approximate surface area is 95.8 Å². The molecular formula is C12H18N2O2. The average molecular weight is 222 g/mol. The number of aromatic nitrogens is 1. The molecule has 88 valence electrons. The maximum atomic E-state index is 5.60. The van der Waals surface area contributed by atoms with Gasteiger partial charge in [-0.25, -0.2) is 0 Å². The molecule has 0 bridgehead atoms. The number of aryl methyl sites for hydroxylation is 1. The predicted octanol–water partition coefficient (Wildman–Crippen LogP) is 1.61. The topological polar surface area (TPSA) is 57.4 Å². The first-order valence-corrected chi connectivity index (χ1v) is 5.66. The zero-order valence-corrected chi connectivity index (χ0v) is 9.61. The summed E-state index contributed by atoms with van der Waals surface area (Å²) in [6, 6.07) is 3.81. The van der Waals surface area contributed by atoms with Gasteiger partial charge in [0.05, 0.1) is 12.3 Å².